The number of methoxy groups -OCH3 is 1. The molecule has 2 atom stereocenters. The highest BCUT2D eigenvalue weighted by Crippen LogP contribution is 2.37. The van der Waals surface area contributed by atoms with Crippen LogP contribution < -0.4 is 15.7 Å². The molecule has 0 bridgehead atoms. The minimum Gasteiger partial charge on any atom is -0.446 e. The summed E-state index contributed by atoms with van der Waals surface area (Å²) in [6.45, 7) is 8.92. The zero-order valence-electron chi connectivity index (χ0n) is 24.5. The number of oxazole rings is 2. The Balaban J connectivity index is 1.48. The van der Waals surface area contributed by atoms with E-state index in [0.717, 1.165) is 16.7 Å². The first-order valence-electron chi connectivity index (χ1n) is 13.7. The smallest absolute Gasteiger partial charge is 0.273 e. The number of rotatable bonds is 14. The molecular formula is C31H37N3O7Si. The molecule has 0 saturated carbocycles. The number of carbonyl (C=O) groups excluding carboxylic acids is 2. The zero-order valence-corrected chi connectivity index (χ0v) is 25.5. The monoisotopic (exact) mass is 591 g/mol. The minimum absolute atomic E-state index is 0.0112. The van der Waals surface area contributed by atoms with Gasteiger partial charge in [0.1, 0.15) is 32.2 Å². The van der Waals surface area contributed by atoms with Crippen molar-refractivity contribution in [3.63, 3.8) is 0 Å². The zero-order chi connectivity index (χ0) is 30.2. The fraction of sp³-hybridized carbons (Fsp3) is 0.355. The SMILES string of the molecule is COCOCc1nc(-c2nc(C(=O)N[C@@H](C=O)[C@@H](C)CO[Si](c3ccccc3)(c3ccccc3)C(C)(C)C)co2)co1. The topological polar surface area (TPSA) is 126 Å². The molecule has 222 valence electrons. The highest BCUT2D eigenvalue weighted by molar-refractivity contribution is 6.99. The Kier molecular flexibility index (Phi) is 10.2. The average Bonchev–Trinajstić information content (AvgIpc) is 3.67. The summed E-state index contributed by atoms with van der Waals surface area (Å²) in [6, 6.07) is 19.7. The van der Waals surface area contributed by atoms with E-state index >= 15 is 0 Å². The van der Waals surface area contributed by atoms with Gasteiger partial charge in [-0.05, 0) is 15.4 Å². The molecule has 2 heterocycles. The third-order valence-corrected chi connectivity index (χ3v) is 12.0. The average molecular weight is 592 g/mol. The van der Waals surface area contributed by atoms with Gasteiger partial charge in [-0.2, -0.15) is 0 Å². The molecule has 1 N–H and O–H groups in total. The lowest BCUT2D eigenvalue weighted by atomic mass is 10.0. The third-order valence-electron chi connectivity index (χ3n) is 6.97. The van der Waals surface area contributed by atoms with Crippen molar-refractivity contribution in [2.45, 2.75) is 45.4 Å². The molecule has 0 aliphatic rings. The molecule has 0 unspecified atom stereocenters. The van der Waals surface area contributed by atoms with Crippen molar-refractivity contribution in [3.8, 4) is 11.6 Å². The molecule has 2 aromatic heterocycles. The molecule has 4 aromatic rings. The van der Waals surface area contributed by atoms with E-state index < -0.39 is 20.3 Å². The van der Waals surface area contributed by atoms with E-state index in [1.807, 2.05) is 43.3 Å². The maximum Gasteiger partial charge on any atom is 0.273 e. The molecule has 2 aromatic carbocycles. The van der Waals surface area contributed by atoms with Crippen LogP contribution >= 0.6 is 0 Å². The molecule has 0 radical (unpaired) electrons. The van der Waals surface area contributed by atoms with Gasteiger partial charge >= 0.3 is 0 Å². The van der Waals surface area contributed by atoms with Gasteiger partial charge in [0.2, 0.25) is 11.8 Å². The number of amides is 1. The van der Waals surface area contributed by atoms with Gasteiger partial charge in [0, 0.05) is 19.6 Å². The van der Waals surface area contributed by atoms with Crippen LogP contribution in [0, 0.1) is 5.92 Å². The Bertz CT molecular complexity index is 1390. The van der Waals surface area contributed by atoms with Crippen molar-refractivity contribution < 1.29 is 32.3 Å². The second kappa shape index (κ2) is 13.8. The van der Waals surface area contributed by atoms with Crippen LogP contribution in [0.3, 0.4) is 0 Å². The van der Waals surface area contributed by atoms with Gasteiger partial charge in [-0.3, -0.25) is 4.79 Å². The van der Waals surface area contributed by atoms with Crippen molar-refractivity contribution in [1.29, 1.82) is 0 Å². The lowest BCUT2D eigenvalue weighted by Crippen LogP contribution is -2.67. The van der Waals surface area contributed by atoms with Gasteiger partial charge in [0.05, 0.1) is 6.04 Å². The minimum atomic E-state index is -2.81. The van der Waals surface area contributed by atoms with Crippen LogP contribution in [0.1, 0.15) is 44.1 Å². The van der Waals surface area contributed by atoms with Gasteiger partial charge in [-0.15, -0.1) is 0 Å². The summed E-state index contributed by atoms with van der Waals surface area (Å²) >= 11 is 0. The molecule has 0 spiro atoms. The van der Waals surface area contributed by atoms with E-state index in [0.29, 0.717) is 11.6 Å². The molecule has 4 rings (SSSR count). The summed E-state index contributed by atoms with van der Waals surface area (Å²) in [6.07, 6.45) is 3.30. The lowest BCUT2D eigenvalue weighted by molar-refractivity contribution is -0.110. The first-order chi connectivity index (χ1) is 20.2. The number of aromatic nitrogens is 2. The second-order valence-corrected chi connectivity index (χ2v) is 15.3. The normalized spacial score (nSPS) is 13.5. The van der Waals surface area contributed by atoms with E-state index in [2.05, 4.69) is 60.3 Å². The molecule has 0 aliphatic carbocycles. The van der Waals surface area contributed by atoms with Crippen LogP contribution in [0.4, 0.5) is 0 Å². The second-order valence-electron chi connectivity index (χ2n) is 11.0. The number of hydrogen-bond acceptors (Lipinski definition) is 9. The standard InChI is InChI=1S/C31H37N3O7Si/c1-22(17-41-42(31(2,3)4,23-12-8-6-9-13-23)24-14-10-7-11-15-24)25(16-35)33-29(36)26-18-40-30(34-26)27-19-39-28(32-27)20-38-21-37-5/h6-16,18-19,22,25H,17,20-21H2,1-5H3,(H,33,36)/t22-,25-/m0/s1. The summed E-state index contributed by atoms with van der Waals surface area (Å²) in [5, 5.41) is 4.83. The number of hydrogen-bond donors (Lipinski definition) is 1. The van der Waals surface area contributed by atoms with Crippen LogP contribution in [0.2, 0.25) is 5.04 Å². The number of aldehydes is 1. The molecule has 0 fully saturated rings. The van der Waals surface area contributed by atoms with E-state index in [9.17, 15) is 9.59 Å². The number of ether oxygens (including phenoxy) is 2. The van der Waals surface area contributed by atoms with Gasteiger partial charge in [-0.1, -0.05) is 88.4 Å². The Morgan fingerprint density at radius 2 is 1.64 bits per heavy atom. The fourth-order valence-electron chi connectivity index (χ4n) is 4.84. The predicted molar refractivity (Wildman–Crippen MR) is 159 cm³/mol. The van der Waals surface area contributed by atoms with Gasteiger partial charge in [0.25, 0.3) is 14.2 Å². The van der Waals surface area contributed by atoms with E-state index in [4.69, 9.17) is 22.7 Å². The summed E-state index contributed by atoms with van der Waals surface area (Å²) in [5.41, 5.74) is 0.321. The molecule has 10 nitrogen and oxygen atoms in total. The maximum absolute atomic E-state index is 13.0. The summed E-state index contributed by atoms with van der Waals surface area (Å²) in [4.78, 5) is 33.7. The molecule has 42 heavy (non-hydrogen) atoms. The van der Waals surface area contributed by atoms with Crippen molar-refractivity contribution in [3.05, 3.63) is 84.8 Å². The fourth-order valence-corrected chi connectivity index (χ4v) is 9.51. The number of nitrogens with zero attached hydrogens (tertiary/aromatic N) is 2. The Morgan fingerprint density at radius 3 is 2.21 bits per heavy atom. The van der Waals surface area contributed by atoms with E-state index in [-0.39, 0.29) is 42.5 Å². The molecule has 1 amide bonds. The first-order valence-corrected chi connectivity index (χ1v) is 15.6. The largest absolute Gasteiger partial charge is 0.446 e. The summed E-state index contributed by atoms with van der Waals surface area (Å²) in [5.74, 6) is -0.467. The van der Waals surface area contributed by atoms with Gasteiger partial charge in [-0.25, -0.2) is 9.97 Å². The van der Waals surface area contributed by atoms with E-state index in [1.54, 1.807) is 0 Å². The molecule has 0 saturated heterocycles. The van der Waals surface area contributed by atoms with Crippen molar-refractivity contribution in [1.82, 2.24) is 15.3 Å². The maximum atomic E-state index is 13.0. The Hall–Kier alpha value is -3.90. The van der Waals surface area contributed by atoms with Gasteiger partial charge in [0.15, 0.2) is 11.4 Å². The highest BCUT2D eigenvalue weighted by atomic mass is 28.4. The van der Waals surface area contributed by atoms with Gasteiger partial charge < -0.3 is 32.8 Å². The van der Waals surface area contributed by atoms with Crippen LogP contribution in [-0.2, 0) is 25.3 Å². The van der Waals surface area contributed by atoms with Crippen LogP contribution in [0.5, 0.6) is 0 Å². The van der Waals surface area contributed by atoms with Crippen LogP contribution in [0.25, 0.3) is 11.6 Å². The number of nitrogens with one attached hydrogen (secondary N) is 1. The summed E-state index contributed by atoms with van der Waals surface area (Å²) < 4.78 is 27.8. The van der Waals surface area contributed by atoms with E-state index in [1.165, 1.54) is 19.6 Å². The first kappa shape index (κ1) is 31.0. The molecule has 11 heteroatoms. The van der Waals surface area contributed by atoms with Crippen molar-refractivity contribution in [2.24, 2.45) is 5.92 Å². The number of carbonyl (C=O) groups is 2. The molecular weight excluding hydrogens is 554 g/mol. The number of benzene rings is 2. The Morgan fingerprint density at radius 1 is 1.00 bits per heavy atom. The van der Waals surface area contributed by atoms with Crippen LogP contribution in [-0.4, -0.2) is 57.0 Å². The lowest BCUT2D eigenvalue weighted by Gasteiger charge is -2.43. The quantitative estimate of drug-likeness (QED) is 0.100. The van der Waals surface area contributed by atoms with Crippen molar-refractivity contribution >= 4 is 30.9 Å². The molecule has 0 aliphatic heterocycles. The predicted octanol–water partition coefficient (Wildman–Crippen LogP) is 3.96. The third kappa shape index (κ3) is 6.93. The van der Waals surface area contributed by atoms with Crippen molar-refractivity contribution in [2.75, 3.05) is 20.5 Å². The Labute approximate surface area is 246 Å². The summed E-state index contributed by atoms with van der Waals surface area (Å²) in [7, 11) is -1.29. The van der Waals surface area contributed by atoms with Crippen LogP contribution in [0.15, 0.2) is 82.0 Å². The highest BCUT2D eigenvalue weighted by Gasteiger charge is 2.50.